The van der Waals surface area contributed by atoms with E-state index in [0.29, 0.717) is 23.2 Å². The summed E-state index contributed by atoms with van der Waals surface area (Å²) in [7, 11) is -1.14. The lowest BCUT2D eigenvalue weighted by molar-refractivity contribution is 0.389. The number of nitrogens with zero attached hydrogens (tertiary/aromatic N) is 2. The van der Waals surface area contributed by atoms with E-state index in [-0.39, 0.29) is 5.75 Å². The van der Waals surface area contributed by atoms with E-state index in [2.05, 4.69) is 22.3 Å². The summed E-state index contributed by atoms with van der Waals surface area (Å²) in [6.45, 7) is 0. The molecule has 0 spiro atoms. The molecule has 0 saturated heterocycles. The molecule has 4 rings (SSSR count). The second-order valence-electron chi connectivity index (χ2n) is 5.36. The Balaban J connectivity index is 1.50. The van der Waals surface area contributed by atoms with E-state index in [4.69, 9.17) is 8.94 Å². The number of furan rings is 1. The Labute approximate surface area is 140 Å². The number of rotatable bonds is 5. The number of hydrogen-bond acceptors (Lipinski definition) is 5. The lowest BCUT2D eigenvalue weighted by Gasteiger charge is -2.05. The highest BCUT2D eigenvalue weighted by atomic mass is 32.2. The lowest BCUT2D eigenvalue weighted by atomic mass is 10.1. The summed E-state index contributed by atoms with van der Waals surface area (Å²) in [5.41, 5.74) is 1.05. The molecule has 5 nitrogen and oxygen atoms in total. The fraction of sp³-hybridized carbons (Fsp3) is 0.111. The van der Waals surface area contributed by atoms with E-state index in [1.807, 2.05) is 30.3 Å². The predicted octanol–water partition coefficient (Wildman–Crippen LogP) is 3.93. The average Bonchev–Trinajstić information content (AvgIpc) is 3.26. The van der Waals surface area contributed by atoms with Gasteiger partial charge in [-0.25, -0.2) is 0 Å². The molecule has 0 aliphatic carbocycles. The molecule has 120 valence electrons. The summed E-state index contributed by atoms with van der Waals surface area (Å²) < 4.78 is 22.9. The second-order valence-corrected chi connectivity index (χ2v) is 6.81. The fourth-order valence-electron chi connectivity index (χ4n) is 2.60. The van der Waals surface area contributed by atoms with Crippen LogP contribution < -0.4 is 0 Å². The Morgan fingerprint density at radius 2 is 1.83 bits per heavy atom. The van der Waals surface area contributed by atoms with Crippen molar-refractivity contribution in [2.75, 3.05) is 0 Å². The highest BCUT2D eigenvalue weighted by Gasteiger charge is 2.14. The SMILES string of the molecule is O=[S@@](Cc1nc(-c2ccco2)no1)Cc1cccc2ccccc12. The molecule has 0 saturated carbocycles. The van der Waals surface area contributed by atoms with Gasteiger partial charge in [-0.3, -0.25) is 4.21 Å². The molecule has 0 aliphatic rings. The van der Waals surface area contributed by atoms with Crippen molar-refractivity contribution in [2.45, 2.75) is 11.5 Å². The summed E-state index contributed by atoms with van der Waals surface area (Å²) in [6, 6.07) is 17.6. The molecule has 2 aromatic heterocycles. The van der Waals surface area contributed by atoms with Crippen LogP contribution in [-0.2, 0) is 22.3 Å². The molecule has 6 heteroatoms. The Bertz CT molecular complexity index is 987. The predicted molar refractivity (Wildman–Crippen MR) is 91.5 cm³/mol. The van der Waals surface area contributed by atoms with Gasteiger partial charge in [0.25, 0.3) is 0 Å². The summed E-state index contributed by atoms with van der Waals surface area (Å²) in [5, 5.41) is 6.12. The van der Waals surface area contributed by atoms with E-state index in [0.717, 1.165) is 16.3 Å². The molecule has 1 atom stereocenters. The molecule has 0 radical (unpaired) electrons. The Kier molecular flexibility index (Phi) is 3.96. The number of aromatic nitrogens is 2. The lowest BCUT2D eigenvalue weighted by Crippen LogP contribution is -2.00. The highest BCUT2D eigenvalue weighted by molar-refractivity contribution is 7.83. The molecule has 24 heavy (non-hydrogen) atoms. The third kappa shape index (κ3) is 3.00. The van der Waals surface area contributed by atoms with Gasteiger partial charge in [-0.05, 0) is 28.5 Å². The van der Waals surface area contributed by atoms with Crippen LogP contribution in [0.4, 0.5) is 0 Å². The third-order valence-electron chi connectivity index (χ3n) is 3.69. The van der Waals surface area contributed by atoms with Gasteiger partial charge >= 0.3 is 0 Å². The first-order valence-corrected chi connectivity index (χ1v) is 8.96. The topological polar surface area (TPSA) is 69.1 Å². The maximum atomic E-state index is 12.5. The first kappa shape index (κ1) is 14.8. The van der Waals surface area contributed by atoms with E-state index in [1.54, 1.807) is 18.4 Å². The molecule has 0 aliphatic heterocycles. The average molecular weight is 338 g/mol. The van der Waals surface area contributed by atoms with Gasteiger partial charge in [0.05, 0.1) is 6.26 Å². The molecule has 2 heterocycles. The standard InChI is InChI=1S/C18H14N2O3S/c21-24(11-14-7-3-6-13-5-1-2-8-15(13)14)12-17-19-18(20-23-17)16-9-4-10-22-16/h1-10H,11-12H2/t24-/m1/s1. The quantitative estimate of drug-likeness (QED) is 0.551. The fourth-order valence-corrected chi connectivity index (χ4v) is 3.69. The van der Waals surface area contributed by atoms with E-state index in [9.17, 15) is 4.21 Å². The van der Waals surface area contributed by atoms with Crippen molar-refractivity contribution in [1.82, 2.24) is 10.1 Å². The van der Waals surface area contributed by atoms with Crippen molar-refractivity contribution in [3.63, 3.8) is 0 Å². The second kappa shape index (κ2) is 6.41. The molecule has 2 aromatic carbocycles. The third-order valence-corrected chi connectivity index (χ3v) is 4.89. The Morgan fingerprint density at radius 1 is 0.958 bits per heavy atom. The van der Waals surface area contributed by atoms with Crippen LogP contribution >= 0.6 is 0 Å². The number of benzene rings is 2. The molecule has 0 amide bonds. The first-order valence-electron chi connectivity index (χ1n) is 7.48. The maximum Gasteiger partial charge on any atom is 0.239 e. The van der Waals surface area contributed by atoms with Gasteiger partial charge in [0, 0.05) is 16.6 Å². The number of fused-ring (bicyclic) bond motifs is 1. The van der Waals surface area contributed by atoms with Crippen molar-refractivity contribution < 1.29 is 13.1 Å². The normalized spacial score (nSPS) is 12.5. The van der Waals surface area contributed by atoms with Gasteiger partial charge < -0.3 is 8.94 Å². The number of hydrogen-bond donors (Lipinski definition) is 0. The van der Waals surface area contributed by atoms with Crippen LogP contribution in [0.1, 0.15) is 11.5 Å². The summed E-state index contributed by atoms with van der Waals surface area (Å²) in [5.74, 6) is 1.92. The molecular formula is C18H14N2O3S. The molecule has 0 fully saturated rings. The minimum Gasteiger partial charge on any atom is -0.461 e. The van der Waals surface area contributed by atoms with Gasteiger partial charge in [-0.1, -0.05) is 47.6 Å². The largest absolute Gasteiger partial charge is 0.461 e. The monoisotopic (exact) mass is 338 g/mol. The maximum absolute atomic E-state index is 12.5. The van der Waals surface area contributed by atoms with Crippen molar-refractivity contribution in [3.05, 3.63) is 72.3 Å². The van der Waals surface area contributed by atoms with Crippen molar-refractivity contribution >= 4 is 21.6 Å². The molecule has 0 unspecified atom stereocenters. The van der Waals surface area contributed by atoms with Crippen LogP contribution in [0.15, 0.2) is 69.8 Å². The molecule has 4 aromatic rings. The van der Waals surface area contributed by atoms with Gasteiger partial charge in [-0.15, -0.1) is 0 Å². The van der Waals surface area contributed by atoms with E-state index < -0.39 is 10.8 Å². The van der Waals surface area contributed by atoms with Crippen molar-refractivity contribution in [1.29, 1.82) is 0 Å². The Hall–Kier alpha value is -2.73. The zero-order chi connectivity index (χ0) is 16.4. The minimum absolute atomic E-state index is 0.219. The van der Waals surface area contributed by atoms with Gasteiger partial charge in [0.15, 0.2) is 5.76 Å². The van der Waals surface area contributed by atoms with Crippen LogP contribution in [0.3, 0.4) is 0 Å². The Morgan fingerprint density at radius 3 is 2.71 bits per heavy atom. The minimum atomic E-state index is -1.14. The zero-order valence-electron chi connectivity index (χ0n) is 12.7. The van der Waals surface area contributed by atoms with Crippen LogP contribution in [0.2, 0.25) is 0 Å². The van der Waals surface area contributed by atoms with E-state index in [1.165, 1.54) is 0 Å². The van der Waals surface area contributed by atoms with Gasteiger partial charge in [0.2, 0.25) is 11.7 Å². The first-order chi connectivity index (χ1) is 11.8. The van der Waals surface area contributed by atoms with Crippen LogP contribution in [-0.4, -0.2) is 14.3 Å². The van der Waals surface area contributed by atoms with Crippen LogP contribution in [0.5, 0.6) is 0 Å². The van der Waals surface area contributed by atoms with Gasteiger partial charge in [0.1, 0.15) is 5.75 Å². The highest BCUT2D eigenvalue weighted by Crippen LogP contribution is 2.21. The van der Waals surface area contributed by atoms with E-state index >= 15 is 0 Å². The smallest absolute Gasteiger partial charge is 0.239 e. The van der Waals surface area contributed by atoms with Gasteiger partial charge in [-0.2, -0.15) is 4.98 Å². The summed E-state index contributed by atoms with van der Waals surface area (Å²) in [4.78, 5) is 4.23. The van der Waals surface area contributed by atoms with Crippen LogP contribution in [0, 0.1) is 0 Å². The summed E-state index contributed by atoms with van der Waals surface area (Å²) in [6.07, 6.45) is 1.55. The molecular weight excluding hydrogens is 324 g/mol. The van der Waals surface area contributed by atoms with Crippen molar-refractivity contribution in [3.8, 4) is 11.6 Å². The molecule has 0 N–H and O–H groups in total. The summed E-state index contributed by atoms with van der Waals surface area (Å²) >= 11 is 0. The molecule has 0 bridgehead atoms. The van der Waals surface area contributed by atoms with Crippen LogP contribution in [0.25, 0.3) is 22.4 Å². The van der Waals surface area contributed by atoms with Crippen molar-refractivity contribution in [2.24, 2.45) is 0 Å². The zero-order valence-corrected chi connectivity index (χ0v) is 13.5.